The highest BCUT2D eigenvalue weighted by atomic mass is 19.4. The molecule has 0 atom stereocenters. The zero-order valence-electron chi connectivity index (χ0n) is 24.6. The van der Waals surface area contributed by atoms with Crippen molar-refractivity contribution in [1.29, 1.82) is 0 Å². The number of aromatic nitrogens is 1. The van der Waals surface area contributed by atoms with Gasteiger partial charge in [0.2, 0.25) is 5.43 Å². The Hall–Kier alpha value is -4.58. The number of carboxylic acid groups (broad SMARTS) is 1. The number of fused-ring (bicyclic) bond motifs is 1. The molecule has 1 aromatic heterocycles. The first-order valence-electron chi connectivity index (χ1n) is 14.7. The third-order valence-corrected chi connectivity index (χ3v) is 8.58. The second kappa shape index (κ2) is 12.1. The number of anilines is 2. The van der Waals surface area contributed by atoms with Crippen molar-refractivity contribution in [3.63, 3.8) is 0 Å². The molecule has 8 nitrogen and oxygen atoms in total. The van der Waals surface area contributed by atoms with E-state index in [4.69, 9.17) is 4.74 Å². The number of pyridine rings is 1. The Kier molecular flexibility index (Phi) is 8.17. The monoisotopic (exact) mass is 624 g/mol. The van der Waals surface area contributed by atoms with E-state index in [2.05, 4.69) is 4.90 Å². The number of hydrogen-bond acceptors (Lipinski definition) is 6. The largest absolute Gasteiger partial charge is 0.492 e. The quantitative estimate of drug-likeness (QED) is 0.262. The van der Waals surface area contributed by atoms with Gasteiger partial charge in [-0.2, -0.15) is 13.2 Å². The molecule has 0 unspecified atom stereocenters. The summed E-state index contributed by atoms with van der Waals surface area (Å²) >= 11 is 0. The number of hydrogen-bond donors (Lipinski definition) is 1. The van der Waals surface area contributed by atoms with Gasteiger partial charge in [-0.1, -0.05) is 12.1 Å². The van der Waals surface area contributed by atoms with Gasteiger partial charge in [-0.15, -0.1) is 0 Å². The van der Waals surface area contributed by atoms with Gasteiger partial charge >= 0.3 is 12.1 Å². The molecule has 0 amide bonds. The normalized spacial score (nSPS) is 16.0. The van der Waals surface area contributed by atoms with Crippen LogP contribution in [0.15, 0.2) is 65.6 Å². The lowest BCUT2D eigenvalue weighted by Gasteiger charge is -2.38. The lowest BCUT2D eigenvalue weighted by Crippen LogP contribution is -2.47. The van der Waals surface area contributed by atoms with Crippen molar-refractivity contribution in [2.24, 2.45) is 0 Å². The average molecular weight is 625 g/mol. The van der Waals surface area contributed by atoms with Crippen molar-refractivity contribution in [1.82, 2.24) is 9.47 Å². The maximum Gasteiger partial charge on any atom is 0.416 e. The van der Waals surface area contributed by atoms with Gasteiger partial charge < -0.3 is 24.2 Å². The number of piperazine rings is 1. The number of carboxylic acids is 1. The molecule has 0 saturated carbocycles. The zero-order chi connectivity index (χ0) is 31.9. The first-order valence-corrected chi connectivity index (χ1v) is 14.7. The SMILES string of the molecule is COc1c(N2CCN(c3ccc(C(F)(F)F)cc3)CC2)c(F)cc2c(=O)c(C(=O)O)cn(-c3ccc(CN4CCCC4)cc3)c12. The number of benzene rings is 3. The molecule has 2 saturated heterocycles. The predicted molar refractivity (Wildman–Crippen MR) is 163 cm³/mol. The van der Waals surface area contributed by atoms with Gasteiger partial charge in [0.05, 0.1) is 18.1 Å². The molecule has 2 aliphatic heterocycles. The number of ether oxygens (including phenoxy) is 1. The summed E-state index contributed by atoms with van der Waals surface area (Å²) in [4.78, 5) is 31.4. The van der Waals surface area contributed by atoms with Crippen LogP contribution in [0.1, 0.15) is 34.3 Å². The molecule has 3 aromatic carbocycles. The molecule has 4 aromatic rings. The Morgan fingerprint density at radius 2 is 1.49 bits per heavy atom. The number of methoxy groups -OCH3 is 1. The van der Waals surface area contributed by atoms with Crippen molar-refractivity contribution in [2.75, 3.05) is 56.2 Å². The van der Waals surface area contributed by atoms with Crippen molar-refractivity contribution < 1.29 is 32.2 Å². The molecular formula is C33H32F4N4O4. The summed E-state index contributed by atoms with van der Waals surface area (Å²) in [5.41, 5.74) is 0.603. The van der Waals surface area contributed by atoms with Gasteiger partial charge in [0.25, 0.3) is 0 Å². The molecule has 1 N–H and O–H groups in total. The van der Waals surface area contributed by atoms with E-state index in [1.54, 1.807) is 9.47 Å². The minimum atomic E-state index is -4.43. The molecule has 236 valence electrons. The Labute approximate surface area is 256 Å². The van der Waals surface area contributed by atoms with Crippen molar-refractivity contribution in [3.05, 3.63) is 93.5 Å². The van der Waals surface area contributed by atoms with E-state index < -0.39 is 34.5 Å². The molecule has 45 heavy (non-hydrogen) atoms. The van der Waals surface area contributed by atoms with Crippen LogP contribution in [0.4, 0.5) is 28.9 Å². The second-order valence-electron chi connectivity index (χ2n) is 11.4. The summed E-state index contributed by atoms with van der Waals surface area (Å²) in [6.07, 6.45) is -0.844. The Morgan fingerprint density at radius 1 is 0.889 bits per heavy atom. The summed E-state index contributed by atoms with van der Waals surface area (Å²) in [6, 6.07) is 13.6. The molecule has 12 heteroatoms. The molecule has 0 bridgehead atoms. The van der Waals surface area contributed by atoms with Gasteiger partial charge in [-0.05, 0) is 74.0 Å². The average Bonchev–Trinajstić information content (AvgIpc) is 3.54. The van der Waals surface area contributed by atoms with Crippen LogP contribution in [0, 0.1) is 5.82 Å². The van der Waals surface area contributed by atoms with Crippen LogP contribution in [-0.4, -0.2) is 66.9 Å². The third-order valence-electron chi connectivity index (χ3n) is 8.58. The van der Waals surface area contributed by atoms with Crippen molar-refractivity contribution in [3.8, 4) is 11.4 Å². The minimum Gasteiger partial charge on any atom is -0.492 e. The van der Waals surface area contributed by atoms with Crippen LogP contribution >= 0.6 is 0 Å². The molecule has 3 heterocycles. The summed E-state index contributed by atoms with van der Waals surface area (Å²) in [6.45, 7) is 4.31. The number of nitrogens with zero attached hydrogens (tertiary/aromatic N) is 4. The maximum absolute atomic E-state index is 15.9. The summed E-state index contributed by atoms with van der Waals surface area (Å²) in [7, 11) is 1.37. The fourth-order valence-corrected chi connectivity index (χ4v) is 6.27. The summed E-state index contributed by atoms with van der Waals surface area (Å²) in [5.74, 6) is -2.08. The number of alkyl halides is 3. The predicted octanol–water partition coefficient (Wildman–Crippen LogP) is 5.78. The van der Waals surface area contributed by atoms with E-state index in [9.17, 15) is 27.9 Å². The lowest BCUT2D eigenvalue weighted by molar-refractivity contribution is -0.137. The van der Waals surface area contributed by atoms with Crippen LogP contribution in [0.3, 0.4) is 0 Å². The highest BCUT2D eigenvalue weighted by Crippen LogP contribution is 2.40. The van der Waals surface area contributed by atoms with Gasteiger partial charge in [0.15, 0.2) is 11.6 Å². The molecule has 0 radical (unpaired) electrons. The fourth-order valence-electron chi connectivity index (χ4n) is 6.27. The van der Waals surface area contributed by atoms with E-state index in [1.807, 2.05) is 29.2 Å². The molecule has 2 fully saturated rings. The summed E-state index contributed by atoms with van der Waals surface area (Å²) < 4.78 is 62.2. The van der Waals surface area contributed by atoms with Gasteiger partial charge in [0.1, 0.15) is 16.8 Å². The van der Waals surface area contributed by atoms with E-state index in [0.717, 1.165) is 43.4 Å². The van der Waals surface area contributed by atoms with Crippen LogP contribution in [0.25, 0.3) is 16.6 Å². The first-order chi connectivity index (χ1) is 21.5. The van der Waals surface area contributed by atoms with Gasteiger partial charge in [-0.25, -0.2) is 9.18 Å². The smallest absolute Gasteiger partial charge is 0.416 e. The molecular weight excluding hydrogens is 592 g/mol. The first kappa shape index (κ1) is 30.4. The van der Waals surface area contributed by atoms with Crippen molar-refractivity contribution >= 4 is 28.2 Å². The van der Waals surface area contributed by atoms with Crippen LogP contribution in [0.2, 0.25) is 0 Å². The number of rotatable bonds is 7. The molecule has 0 aliphatic carbocycles. The molecule has 2 aliphatic rings. The second-order valence-corrected chi connectivity index (χ2v) is 11.4. The Bertz CT molecular complexity index is 1770. The maximum atomic E-state index is 15.9. The topological polar surface area (TPSA) is 78.2 Å². The minimum absolute atomic E-state index is 0.0863. The third kappa shape index (κ3) is 5.94. The molecule has 6 rings (SSSR count). The van der Waals surface area contributed by atoms with Crippen LogP contribution < -0.4 is 20.0 Å². The van der Waals surface area contributed by atoms with Crippen LogP contribution in [0.5, 0.6) is 5.75 Å². The highest BCUT2D eigenvalue weighted by Gasteiger charge is 2.31. The molecule has 0 spiro atoms. The van der Waals surface area contributed by atoms with E-state index in [-0.39, 0.29) is 22.3 Å². The number of likely N-dealkylation sites (tertiary alicyclic amines) is 1. The Balaban J connectivity index is 1.37. The fraction of sp³-hybridized carbons (Fsp3) is 0.333. The van der Waals surface area contributed by atoms with Crippen LogP contribution in [-0.2, 0) is 12.7 Å². The Morgan fingerprint density at radius 3 is 2.07 bits per heavy atom. The van der Waals surface area contributed by atoms with E-state index in [1.165, 1.54) is 38.3 Å². The lowest BCUT2D eigenvalue weighted by atomic mass is 10.1. The zero-order valence-corrected chi connectivity index (χ0v) is 24.6. The highest BCUT2D eigenvalue weighted by molar-refractivity contribution is 5.97. The van der Waals surface area contributed by atoms with E-state index in [0.29, 0.717) is 37.6 Å². The van der Waals surface area contributed by atoms with E-state index >= 15 is 4.39 Å². The number of halogens is 4. The summed E-state index contributed by atoms with van der Waals surface area (Å²) in [5, 5.41) is 9.69. The number of aromatic carboxylic acids is 1. The van der Waals surface area contributed by atoms with Gasteiger partial charge in [0, 0.05) is 50.3 Å². The van der Waals surface area contributed by atoms with Gasteiger partial charge in [-0.3, -0.25) is 9.69 Å². The number of carbonyl (C=O) groups is 1. The standard InChI is InChI=1S/C33H32F4N4O4/c1-45-31-28-25(18-27(34)29(31)40-16-14-39(15-17-40)23-10-6-22(7-11-23)33(35,36)37)30(42)26(32(43)44)20-41(28)24-8-4-21(5-9-24)19-38-12-2-3-13-38/h4-11,18,20H,2-3,12-17,19H2,1H3,(H,43,44). The van der Waals surface area contributed by atoms with Crippen molar-refractivity contribution in [2.45, 2.75) is 25.6 Å².